The van der Waals surface area contributed by atoms with E-state index < -0.39 is 36.4 Å². The van der Waals surface area contributed by atoms with Gasteiger partial charge in [-0.15, -0.1) is 0 Å². The number of ether oxygens (including phenoxy) is 4. The molecule has 29 heavy (non-hydrogen) atoms. The first-order chi connectivity index (χ1) is 14.0. The van der Waals surface area contributed by atoms with Gasteiger partial charge in [0.1, 0.15) is 12.2 Å². The van der Waals surface area contributed by atoms with Gasteiger partial charge in [0.2, 0.25) is 0 Å². The third-order valence-electron chi connectivity index (χ3n) is 4.40. The molecule has 2 rings (SSSR count). The first kappa shape index (κ1) is 22.6. The minimum absolute atomic E-state index is 0.355. The second-order valence-electron chi connectivity index (χ2n) is 6.78. The average Bonchev–Trinajstić information content (AvgIpc) is 2.70. The van der Waals surface area contributed by atoms with Gasteiger partial charge in [-0.25, -0.2) is 9.59 Å². The van der Waals surface area contributed by atoms with Crippen molar-refractivity contribution in [3.05, 3.63) is 71.8 Å². The van der Waals surface area contributed by atoms with E-state index in [2.05, 4.69) is 0 Å². The Balaban J connectivity index is 1.88. The van der Waals surface area contributed by atoms with Gasteiger partial charge in [0, 0.05) is 20.6 Å². The minimum atomic E-state index is -0.799. The highest BCUT2D eigenvalue weighted by atomic mass is 16.6. The molecule has 0 heterocycles. The first-order valence-electron chi connectivity index (χ1n) is 9.52. The molecule has 4 atom stereocenters. The Morgan fingerprint density at radius 3 is 1.34 bits per heavy atom. The lowest BCUT2D eigenvalue weighted by Gasteiger charge is -2.23. The lowest BCUT2D eigenvalue weighted by atomic mass is 10.1. The van der Waals surface area contributed by atoms with Crippen LogP contribution in [0.5, 0.6) is 0 Å². The molecule has 0 unspecified atom stereocenters. The normalized spacial score (nSPS) is 15.0. The summed E-state index contributed by atoms with van der Waals surface area (Å²) < 4.78 is 21.6. The van der Waals surface area contributed by atoms with Gasteiger partial charge in [-0.3, -0.25) is 0 Å². The van der Waals surface area contributed by atoms with Crippen LogP contribution in [0.3, 0.4) is 0 Å². The molecule has 0 radical (unpaired) electrons. The summed E-state index contributed by atoms with van der Waals surface area (Å²) in [6.45, 7) is 3.51. The van der Waals surface area contributed by atoms with Gasteiger partial charge in [-0.2, -0.15) is 0 Å². The van der Waals surface area contributed by atoms with Gasteiger partial charge in [0.25, 0.3) is 0 Å². The Hall–Kier alpha value is -2.70. The van der Waals surface area contributed by atoms with Crippen LogP contribution >= 0.6 is 0 Å². The van der Waals surface area contributed by atoms with Crippen LogP contribution in [-0.2, 0) is 28.5 Å². The Kier molecular flexibility index (Phi) is 8.83. The van der Waals surface area contributed by atoms with Gasteiger partial charge >= 0.3 is 11.9 Å². The highest BCUT2D eigenvalue weighted by molar-refractivity contribution is 5.77. The average molecular weight is 400 g/mol. The van der Waals surface area contributed by atoms with Crippen LogP contribution in [0, 0.1) is 0 Å². The van der Waals surface area contributed by atoms with E-state index in [0.717, 1.165) is 11.1 Å². The molecule has 156 valence electrons. The number of carbonyl (C=O) groups excluding carboxylic acids is 2. The zero-order valence-corrected chi connectivity index (χ0v) is 17.2. The number of methoxy groups -OCH3 is 2. The Labute approximate surface area is 171 Å². The summed E-state index contributed by atoms with van der Waals surface area (Å²) in [5.74, 6) is -0.965. The van der Waals surface area contributed by atoms with Crippen LogP contribution in [0.2, 0.25) is 0 Å². The molecular formula is C23H28O6. The molecule has 0 spiro atoms. The number of hydrogen-bond acceptors (Lipinski definition) is 6. The zero-order chi connectivity index (χ0) is 21.2. The van der Waals surface area contributed by atoms with Gasteiger partial charge in [-0.05, 0) is 25.0 Å². The number of esters is 2. The molecule has 0 aliphatic heterocycles. The molecule has 0 bridgehead atoms. The molecular weight excluding hydrogens is 372 g/mol. The molecule has 0 fully saturated rings. The van der Waals surface area contributed by atoms with E-state index in [1.165, 1.54) is 14.2 Å². The lowest BCUT2D eigenvalue weighted by molar-refractivity contribution is -0.166. The number of benzene rings is 2. The minimum Gasteiger partial charge on any atom is -0.460 e. The number of rotatable bonds is 10. The topological polar surface area (TPSA) is 71.1 Å². The van der Waals surface area contributed by atoms with Crippen molar-refractivity contribution in [1.29, 1.82) is 0 Å². The maximum Gasteiger partial charge on any atom is 0.340 e. The fourth-order valence-corrected chi connectivity index (χ4v) is 3.08. The smallest absolute Gasteiger partial charge is 0.340 e. The van der Waals surface area contributed by atoms with Gasteiger partial charge < -0.3 is 18.9 Å². The van der Waals surface area contributed by atoms with Crippen molar-refractivity contribution in [2.24, 2.45) is 0 Å². The van der Waals surface area contributed by atoms with Crippen molar-refractivity contribution in [2.75, 3.05) is 14.2 Å². The molecule has 0 aromatic heterocycles. The first-order valence-corrected chi connectivity index (χ1v) is 9.52. The van der Waals surface area contributed by atoms with Crippen molar-refractivity contribution in [2.45, 2.75) is 44.7 Å². The van der Waals surface area contributed by atoms with E-state index in [-0.39, 0.29) is 0 Å². The van der Waals surface area contributed by atoms with Crippen LogP contribution in [0.1, 0.15) is 43.6 Å². The molecule has 2 aromatic rings. The Morgan fingerprint density at radius 1 is 0.690 bits per heavy atom. The fraction of sp³-hybridized carbons (Fsp3) is 0.391. The monoisotopic (exact) mass is 400 g/mol. The van der Waals surface area contributed by atoms with E-state index in [1.54, 1.807) is 38.1 Å². The maximum absolute atomic E-state index is 12.5. The standard InChI is InChI=1S/C23H28O6/c1-16(28-22(24)20(26-3)18-11-7-5-8-12-18)15-17(2)29-23(25)21(27-4)19-13-9-6-10-14-19/h5-14,16-17,20-21H,15H2,1-4H3/t16-,17-,20-,21-/m0/s1. The van der Waals surface area contributed by atoms with Crippen LogP contribution in [0.25, 0.3) is 0 Å². The van der Waals surface area contributed by atoms with Crippen molar-refractivity contribution in [1.82, 2.24) is 0 Å². The largest absolute Gasteiger partial charge is 0.460 e. The SMILES string of the molecule is CO[C@H](C(=O)O[C@@H](C)C[C@H](C)OC(=O)[C@@H](OC)c1ccccc1)c1ccccc1. The van der Waals surface area contributed by atoms with Crippen molar-refractivity contribution in [3.8, 4) is 0 Å². The summed E-state index contributed by atoms with van der Waals surface area (Å²) in [4.78, 5) is 24.9. The summed E-state index contributed by atoms with van der Waals surface area (Å²) in [6, 6.07) is 18.3. The van der Waals surface area contributed by atoms with Crippen LogP contribution < -0.4 is 0 Å². The molecule has 0 amide bonds. The Morgan fingerprint density at radius 2 is 1.03 bits per heavy atom. The van der Waals surface area contributed by atoms with E-state index >= 15 is 0 Å². The van der Waals surface area contributed by atoms with Crippen LogP contribution in [-0.4, -0.2) is 38.4 Å². The van der Waals surface area contributed by atoms with E-state index in [9.17, 15) is 9.59 Å². The third-order valence-corrected chi connectivity index (χ3v) is 4.40. The summed E-state index contributed by atoms with van der Waals surface area (Å²) >= 11 is 0. The van der Waals surface area contributed by atoms with Gasteiger partial charge in [0.15, 0.2) is 12.2 Å². The fourth-order valence-electron chi connectivity index (χ4n) is 3.08. The lowest BCUT2D eigenvalue weighted by Crippen LogP contribution is -2.28. The molecule has 0 N–H and O–H groups in total. The van der Waals surface area contributed by atoms with Gasteiger partial charge in [0.05, 0.1) is 0 Å². The molecule has 6 nitrogen and oxygen atoms in total. The molecule has 0 saturated carbocycles. The third kappa shape index (κ3) is 6.69. The van der Waals surface area contributed by atoms with E-state index in [0.29, 0.717) is 6.42 Å². The highest BCUT2D eigenvalue weighted by Gasteiger charge is 2.27. The summed E-state index contributed by atoms with van der Waals surface area (Å²) in [5, 5.41) is 0. The van der Waals surface area contributed by atoms with Crippen molar-refractivity contribution in [3.63, 3.8) is 0 Å². The molecule has 2 aromatic carbocycles. The van der Waals surface area contributed by atoms with E-state index in [4.69, 9.17) is 18.9 Å². The summed E-state index contributed by atoms with van der Waals surface area (Å²) in [7, 11) is 2.92. The molecule has 0 aliphatic carbocycles. The van der Waals surface area contributed by atoms with Crippen molar-refractivity contribution >= 4 is 11.9 Å². The van der Waals surface area contributed by atoms with Crippen molar-refractivity contribution < 1.29 is 28.5 Å². The van der Waals surface area contributed by atoms with E-state index in [1.807, 2.05) is 36.4 Å². The summed E-state index contributed by atoms with van der Waals surface area (Å²) in [6.07, 6.45) is -2.15. The maximum atomic E-state index is 12.5. The van der Waals surface area contributed by atoms with Crippen LogP contribution in [0.15, 0.2) is 60.7 Å². The number of carbonyl (C=O) groups is 2. The highest BCUT2D eigenvalue weighted by Crippen LogP contribution is 2.22. The second kappa shape index (κ2) is 11.3. The number of hydrogen-bond donors (Lipinski definition) is 0. The predicted molar refractivity (Wildman–Crippen MR) is 108 cm³/mol. The Bertz CT molecular complexity index is 696. The molecule has 6 heteroatoms. The quantitative estimate of drug-likeness (QED) is 0.561. The second-order valence-corrected chi connectivity index (χ2v) is 6.78. The predicted octanol–water partition coefficient (Wildman–Crippen LogP) is 4.02. The molecule has 0 aliphatic rings. The van der Waals surface area contributed by atoms with Gasteiger partial charge in [-0.1, -0.05) is 60.7 Å². The zero-order valence-electron chi connectivity index (χ0n) is 17.2. The van der Waals surface area contributed by atoms with Crippen LogP contribution in [0.4, 0.5) is 0 Å². The molecule has 0 saturated heterocycles. The summed E-state index contributed by atoms with van der Waals surface area (Å²) in [5.41, 5.74) is 1.44.